The molecule has 154 valence electrons. The summed E-state index contributed by atoms with van der Waals surface area (Å²) in [5.74, 6) is -4.11. The van der Waals surface area contributed by atoms with Crippen molar-refractivity contribution in [3.8, 4) is 0 Å². The van der Waals surface area contributed by atoms with E-state index in [1.807, 2.05) is 6.07 Å². The van der Waals surface area contributed by atoms with E-state index < -0.39 is 23.9 Å². The van der Waals surface area contributed by atoms with Crippen molar-refractivity contribution in [3.05, 3.63) is 58.1 Å². The molecule has 2 heterocycles. The second kappa shape index (κ2) is 7.41. The first-order valence-electron chi connectivity index (χ1n) is 9.17. The second-order valence-electron chi connectivity index (χ2n) is 7.50. The predicted molar refractivity (Wildman–Crippen MR) is 109 cm³/mol. The summed E-state index contributed by atoms with van der Waals surface area (Å²) in [6, 6.07) is 5.87. The highest BCUT2D eigenvalue weighted by atomic mass is 35.5. The summed E-state index contributed by atoms with van der Waals surface area (Å²) >= 11 is 11.1. The molecule has 1 aromatic carbocycles. The number of pyridine rings is 1. The first kappa shape index (κ1) is 20.4. The smallest absolute Gasteiger partial charge is 0.297 e. The van der Waals surface area contributed by atoms with Gasteiger partial charge in [-0.3, -0.25) is 4.98 Å². The fourth-order valence-electron chi connectivity index (χ4n) is 3.87. The van der Waals surface area contributed by atoms with E-state index in [0.29, 0.717) is 10.7 Å². The van der Waals surface area contributed by atoms with Crippen molar-refractivity contribution in [3.63, 3.8) is 0 Å². The minimum absolute atomic E-state index is 0.105. The van der Waals surface area contributed by atoms with Gasteiger partial charge in [-0.05, 0) is 49.6 Å². The molecule has 29 heavy (non-hydrogen) atoms. The van der Waals surface area contributed by atoms with Gasteiger partial charge in [-0.25, -0.2) is 13.2 Å². The lowest BCUT2D eigenvalue weighted by Crippen LogP contribution is -2.56. The number of nitrogens with zero attached hydrogens (tertiary/aromatic N) is 1. The zero-order valence-electron chi connectivity index (χ0n) is 15.6. The fraction of sp³-hybridized carbons (Fsp3) is 0.400. The second-order valence-corrected chi connectivity index (χ2v) is 8.43. The molecule has 2 atom stereocenters. The standard InChI is InChI=1S/C20H19ClF3N3OS/c1-19(20(23,24)10-28-9-17(29)27-19)14-7-13(3-4-15(14)22)26-16-5-2-11-6-12(21)8-25-18(11)16/h3-4,6-8,16,26H,2,5,9-10H2,1H3,(H,27,29)/t16-,19-/m1/s1. The molecule has 1 aliphatic heterocycles. The van der Waals surface area contributed by atoms with Crippen molar-refractivity contribution in [1.29, 1.82) is 0 Å². The molecule has 1 aromatic heterocycles. The third-order valence-electron chi connectivity index (χ3n) is 5.48. The highest BCUT2D eigenvalue weighted by molar-refractivity contribution is 7.80. The highest BCUT2D eigenvalue weighted by Crippen LogP contribution is 2.42. The molecule has 1 fully saturated rings. The van der Waals surface area contributed by atoms with E-state index in [1.54, 1.807) is 6.20 Å². The topological polar surface area (TPSA) is 46.2 Å². The molecule has 0 amide bonds. The maximum atomic E-state index is 14.9. The van der Waals surface area contributed by atoms with Gasteiger partial charge < -0.3 is 15.4 Å². The van der Waals surface area contributed by atoms with E-state index in [1.165, 1.54) is 25.1 Å². The van der Waals surface area contributed by atoms with Gasteiger partial charge in [0.25, 0.3) is 5.92 Å². The van der Waals surface area contributed by atoms with Crippen LogP contribution in [0, 0.1) is 5.82 Å². The zero-order valence-corrected chi connectivity index (χ0v) is 17.1. The van der Waals surface area contributed by atoms with Crippen LogP contribution in [0.4, 0.5) is 18.9 Å². The Morgan fingerprint density at radius 2 is 2.14 bits per heavy atom. The lowest BCUT2D eigenvalue weighted by Gasteiger charge is -2.37. The van der Waals surface area contributed by atoms with Crippen LogP contribution < -0.4 is 10.6 Å². The summed E-state index contributed by atoms with van der Waals surface area (Å²) in [5.41, 5.74) is 0.207. The number of thiocarbonyl (C=S) groups is 1. The van der Waals surface area contributed by atoms with Crippen LogP contribution in [-0.4, -0.2) is 29.1 Å². The van der Waals surface area contributed by atoms with Gasteiger partial charge in [0.2, 0.25) is 0 Å². The maximum absolute atomic E-state index is 14.9. The van der Waals surface area contributed by atoms with Crippen LogP contribution in [0.25, 0.3) is 0 Å². The number of halogens is 4. The molecular weight excluding hydrogens is 423 g/mol. The minimum Gasteiger partial charge on any atom is -0.377 e. The molecule has 2 aliphatic rings. The number of aryl methyl sites for hydroxylation is 1. The van der Waals surface area contributed by atoms with Gasteiger partial charge in [-0.15, -0.1) is 0 Å². The van der Waals surface area contributed by atoms with E-state index in [4.69, 9.17) is 28.6 Å². The van der Waals surface area contributed by atoms with E-state index in [2.05, 4.69) is 15.6 Å². The number of hydrogen-bond acceptors (Lipinski definition) is 4. The average molecular weight is 442 g/mol. The summed E-state index contributed by atoms with van der Waals surface area (Å²) in [7, 11) is 0. The molecule has 0 spiro atoms. The molecular formula is C20H19ClF3N3OS. The van der Waals surface area contributed by atoms with Crippen LogP contribution in [0.15, 0.2) is 30.5 Å². The molecule has 0 unspecified atom stereocenters. The third-order valence-corrected chi connectivity index (χ3v) is 5.91. The Morgan fingerprint density at radius 1 is 1.34 bits per heavy atom. The van der Waals surface area contributed by atoms with Crippen LogP contribution in [0.1, 0.15) is 36.2 Å². The first-order valence-corrected chi connectivity index (χ1v) is 9.96. The number of hydrogen-bond donors (Lipinski definition) is 2. The van der Waals surface area contributed by atoms with Gasteiger partial charge in [0.1, 0.15) is 23.0 Å². The molecule has 1 aliphatic carbocycles. The number of ether oxygens (including phenoxy) is 1. The normalized spacial score (nSPS) is 25.8. The third kappa shape index (κ3) is 3.69. The number of rotatable bonds is 3. The van der Waals surface area contributed by atoms with Gasteiger partial charge in [0.15, 0.2) is 0 Å². The summed E-state index contributed by atoms with van der Waals surface area (Å²) in [6.45, 7) is 0.256. The van der Waals surface area contributed by atoms with Crippen molar-refractivity contribution in [2.45, 2.75) is 37.3 Å². The van der Waals surface area contributed by atoms with E-state index in [0.717, 1.165) is 24.1 Å². The average Bonchev–Trinajstić information content (AvgIpc) is 2.99. The number of anilines is 1. The van der Waals surface area contributed by atoms with Gasteiger partial charge in [-0.2, -0.15) is 0 Å². The van der Waals surface area contributed by atoms with Gasteiger partial charge in [0, 0.05) is 17.4 Å². The van der Waals surface area contributed by atoms with Crippen molar-refractivity contribution in [2.75, 3.05) is 18.5 Å². The molecule has 0 bridgehead atoms. The summed E-state index contributed by atoms with van der Waals surface area (Å²) in [4.78, 5) is 4.50. The summed E-state index contributed by atoms with van der Waals surface area (Å²) < 4.78 is 49.4. The number of fused-ring (bicyclic) bond motifs is 1. The van der Waals surface area contributed by atoms with Crippen LogP contribution in [0.2, 0.25) is 5.02 Å². The molecule has 4 rings (SSSR count). The highest BCUT2D eigenvalue weighted by Gasteiger charge is 2.54. The minimum atomic E-state index is -3.37. The summed E-state index contributed by atoms with van der Waals surface area (Å²) in [6.07, 6.45) is 3.16. The van der Waals surface area contributed by atoms with Gasteiger partial charge in [0.05, 0.1) is 23.4 Å². The lowest BCUT2D eigenvalue weighted by atomic mass is 9.85. The molecule has 0 saturated carbocycles. The quantitative estimate of drug-likeness (QED) is 0.672. The van der Waals surface area contributed by atoms with E-state index in [-0.39, 0.29) is 23.2 Å². The number of benzene rings is 1. The molecule has 1 saturated heterocycles. The molecule has 9 heteroatoms. The summed E-state index contributed by atoms with van der Waals surface area (Å²) in [5, 5.41) is 6.46. The van der Waals surface area contributed by atoms with E-state index in [9.17, 15) is 13.2 Å². The van der Waals surface area contributed by atoms with Crippen molar-refractivity contribution in [2.24, 2.45) is 0 Å². The Morgan fingerprint density at radius 3 is 2.93 bits per heavy atom. The lowest BCUT2D eigenvalue weighted by molar-refractivity contribution is -0.120. The Kier molecular flexibility index (Phi) is 5.21. The Bertz CT molecular complexity index is 974. The molecule has 2 N–H and O–H groups in total. The van der Waals surface area contributed by atoms with Crippen LogP contribution in [0.3, 0.4) is 0 Å². The monoisotopic (exact) mass is 441 g/mol. The number of alkyl halides is 2. The molecule has 4 nitrogen and oxygen atoms in total. The number of nitrogens with one attached hydrogen (secondary N) is 2. The van der Waals surface area contributed by atoms with Crippen molar-refractivity contribution < 1.29 is 17.9 Å². The van der Waals surface area contributed by atoms with Gasteiger partial charge >= 0.3 is 0 Å². The Balaban J connectivity index is 1.68. The van der Waals surface area contributed by atoms with Crippen LogP contribution in [0.5, 0.6) is 0 Å². The van der Waals surface area contributed by atoms with Crippen molar-refractivity contribution in [1.82, 2.24) is 10.3 Å². The Hall–Kier alpha value is -1.90. The first-order chi connectivity index (χ1) is 13.7. The zero-order chi connectivity index (χ0) is 20.8. The number of aromatic nitrogens is 1. The largest absolute Gasteiger partial charge is 0.377 e. The molecule has 0 radical (unpaired) electrons. The Labute approximate surface area is 176 Å². The van der Waals surface area contributed by atoms with Crippen molar-refractivity contribution >= 4 is 34.5 Å². The fourth-order valence-corrected chi connectivity index (χ4v) is 4.34. The molecule has 2 aromatic rings. The van der Waals surface area contributed by atoms with Crippen LogP contribution >= 0.6 is 23.8 Å². The maximum Gasteiger partial charge on any atom is 0.297 e. The predicted octanol–water partition coefficient (Wildman–Crippen LogP) is 4.77. The van der Waals surface area contributed by atoms with Crippen LogP contribution in [-0.2, 0) is 16.7 Å². The SMILES string of the molecule is C[C@]1(c2cc(N[C@@H]3CCc4cc(Cl)cnc43)ccc2F)NC(=S)COCC1(F)F. The van der Waals surface area contributed by atoms with Gasteiger partial charge in [-0.1, -0.05) is 23.8 Å². The van der Waals surface area contributed by atoms with E-state index >= 15 is 0 Å².